The largest absolute Gasteiger partial charge is 0.491 e. The van der Waals surface area contributed by atoms with Gasteiger partial charge in [-0.15, -0.1) is 0 Å². The second kappa shape index (κ2) is 8.70. The lowest BCUT2D eigenvalue weighted by atomic mass is 10.0. The van der Waals surface area contributed by atoms with Gasteiger partial charge < -0.3 is 14.4 Å². The van der Waals surface area contributed by atoms with Crippen molar-refractivity contribution < 1.29 is 14.3 Å². The van der Waals surface area contributed by atoms with Crippen LogP contribution in [-0.4, -0.2) is 68.3 Å². The average Bonchev–Trinajstić information content (AvgIpc) is 2.64. The molecule has 0 radical (unpaired) electrons. The topological polar surface area (TPSA) is 42.0 Å². The van der Waals surface area contributed by atoms with E-state index in [-0.39, 0.29) is 11.8 Å². The Kier molecular flexibility index (Phi) is 6.35. The predicted molar refractivity (Wildman–Crippen MR) is 93.5 cm³/mol. The molecule has 1 atom stereocenters. The lowest BCUT2D eigenvalue weighted by molar-refractivity contribution is -0.141. The van der Waals surface area contributed by atoms with Crippen LogP contribution in [0.25, 0.3) is 0 Å². The van der Waals surface area contributed by atoms with Gasteiger partial charge in [-0.25, -0.2) is 0 Å². The van der Waals surface area contributed by atoms with Gasteiger partial charge in [0.2, 0.25) is 5.91 Å². The number of piperazine rings is 1. The zero-order valence-corrected chi connectivity index (χ0v) is 14.7. The zero-order chi connectivity index (χ0) is 16.8. The number of rotatable bonds is 5. The third kappa shape index (κ3) is 4.62. The molecular weight excluding hydrogens is 328 g/mol. The van der Waals surface area contributed by atoms with Gasteiger partial charge in [-0.2, -0.15) is 0 Å². The monoisotopic (exact) mass is 352 g/mol. The maximum absolute atomic E-state index is 12.5. The van der Waals surface area contributed by atoms with E-state index in [4.69, 9.17) is 21.1 Å². The molecule has 1 aromatic rings. The number of halogens is 1. The van der Waals surface area contributed by atoms with E-state index in [9.17, 15) is 4.79 Å². The van der Waals surface area contributed by atoms with E-state index >= 15 is 0 Å². The third-order valence-electron chi connectivity index (χ3n) is 4.70. The van der Waals surface area contributed by atoms with Crippen LogP contribution in [0.1, 0.15) is 12.8 Å². The fourth-order valence-electron chi connectivity index (χ4n) is 3.23. The summed E-state index contributed by atoms with van der Waals surface area (Å²) in [6, 6.07) is 7.52. The molecule has 1 amide bonds. The first-order valence-corrected chi connectivity index (χ1v) is 9.08. The molecule has 0 saturated carbocycles. The van der Waals surface area contributed by atoms with Crippen molar-refractivity contribution >= 4 is 17.5 Å². The third-order valence-corrected chi connectivity index (χ3v) is 5.01. The van der Waals surface area contributed by atoms with Crippen molar-refractivity contribution in [2.75, 3.05) is 52.5 Å². The fourth-order valence-corrected chi connectivity index (χ4v) is 3.42. The van der Waals surface area contributed by atoms with Crippen molar-refractivity contribution in [3.05, 3.63) is 29.3 Å². The highest BCUT2D eigenvalue weighted by Gasteiger charge is 2.28. The predicted octanol–water partition coefficient (Wildman–Crippen LogP) is 2.29. The van der Waals surface area contributed by atoms with Crippen LogP contribution in [0.5, 0.6) is 5.75 Å². The Labute approximate surface area is 148 Å². The summed E-state index contributed by atoms with van der Waals surface area (Å²) in [6.07, 6.45) is 1.96. The lowest BCUT2D eigenvalue weighted by Gasteiger charge is -2.37. The molecule has 2 heterocycles. The molecule has 24 heavy (non-hydrogen) atoms. The minimum Gasteiger partial charge on any atom is -0.491 e. The molecule has 132 valence electrons. The van der Waals surface area contributed by atoms with Crippen LogP contribution >= 0.6 is 11.6 Å². The molecule has 0 bridgehead atoms. The molecule has 2 saturated heterocycles. The Morgan fingerprint density at radius 3 is 2.75 bits per heavy atom. The Bertz CT molecular complexity index is 541. The summed E-state index contributed by atoms with van der Waals surface area (Å²) in [6.45, 7) is 6.21. The first kappa shape index (κ1) is 17.5. The molecule has 0 unspecified atom stereocenters. The average molecular weight is 353 g/mol. The normalized spacial score (nSPS) is 22.4. The Morgan fingerprint density at radius 2 is 2.04 bits per heavy atom. The van der Waals surface area contributed by atoms with E-state index in [1.165, 1.54) is 0 Å². The molecule has 6 heteroatoms. The van der Waals surface area contributed by atoms with Gasteiger partial charge in [0.15, 0.2) is 0 Å². The van der Waals surface area contributed by atoms with Crippen LogP contribution < -0.4 is 4.74 Å². The quantitative estimate of drug-likeness (QED) is 0.815. The van der Waals surface area contributed by atoms with Gasteiger partial charge in [0.1, 0.15) is 12.4 Å². The van der Waals surface area contributed by atoms with Crippen molar-refractivity contribution in [1.82, 2.24) is 9.80 Å². The molecule has 2 fully saturated rings. The van der Waals surface area contributed by atoms with Gasteiger partial charge in [-0.3, -0.25) is 9.69 Å². The SMILES string of the molecule is O=C([C@@H]1CCCOC1)N1CCN(CCOc2ccccc2Cl)CC1. The first-order chi connectivity index (χ1) is 11.7. The van der Waals surface area contributed by atoms with Crippen LogP contribution in [0.3, 0.4) is 0 Å². The molecule has 2 aliphatic rings. The second-order valence-corrected chi connectivity index (χ2v) is 6.77. The Balaban J connectivity index is 1.37. The summed E-state index contributed by atoms with van der Waals surface area (Å²) in [5.41, 5.74) is 0. The molecule has 5 nitrogen and oxygen atoms in total. The number of hydrogen-bond donors (Lipinski definition) is 0. The van der Waals surface area contributed by atoms with Crippen molar-refractivity contribution in [2.45, 2.75) is 12.8 Å². The van der Waals surface area contributed by atoms with Crippen LogP contribution in [0, 0.1) is 5.92 Å². The second-order valence-electron chi connectivity index (χ2n) is 6.36. The molecule has 3 rings (SSSR count). The van der Waals surface area contributed by atoms with Crippen LogP contribution in [0.15, 0.2) is 24.3 Å². The molecular formula is C18H25ClN2O3. The number of para-hydroxylation sites is 1. The molecule has 0 N–H and O–H groups in total. The minimum absolute atomic E-state index is 0.0638. The zero-order valence-electron chi connectivity index (χ0n) is 14.0. The van der Waals surface area contributed by atoms with E-state index in [0.717, 1.165) is 57.9 Å². The highest BCUT2D eigenvalue weighted by Crippen LogP contribution is 2.23. The first-order valence-electron chi connectivity index (χ1n) is 8.70. The standard InChI is InChI=1S/C18H25ClN2O3/c19-16-5-1-2-6-17(16)24-13-11-20-7-9-21(10-8-20)18(22)15-4-3-12-23-14-15/h1-2,5-6,15H,3-4,7-14H2/t15-/m1/s1. The summed E-state index contributed by atoms with van der Waals surface area (Å²) in [7, 11) is 0. The summed E-state index contributed by atoms with van der Waals surface area (Å²) >= 11 is 6.08. The van der Waals surface area contributed by atoms with Gasteiger partial charge >= 0.3 is 0 Å². The number of amides is 1. The molecule has 0 aliphatic carbocycles. The Hall–Kier alpha value is -1.30. The van der Waals surface area contributed by atoms with E-state index in [2.05, 4.69) is 4.90 Å². The van der Waals surface area contributed by atoms with Crippen LogP contribution in [-0.2, 0) is 9.53 Å². The molecule has 2 aliphatic heterocycles. The maximum Gasteiger partial charge on any atom is 0.228 e. The van der Waals surface area contributed by atoms with E-state index in [1.807, 2.05) is 29.2 Å². The fraction of sp³-hybridized carbons (Fsp3) is 0.611. The van der Waals surface area contributed by atoms with E-state index in [0.29, 0.717) is 18.2 Å². The van der Waals surface area contributed by atoms with Gasteiger partial charge in [0.25, 0.3) is 0 Å². The van der Waals surface area contributed by atoms with E-state index < -0.39 is 0 Å². The smallest absolute Gasteiger partial charge is 0.228 e. The van der Waals surface area contributed by atoms with Gasteiger partial charge in [0, 0.05) is 39.3 Å². The van der Waals surface area contributed by atoms with Crippen LogP contribution in [0.4, 0.5) is 0 Å². The molecule has 0 spiro atoms. The Morgan fingerprint density at radius 1 is 1.25 bits per heavy atom. The molecule has 0 aromatic heterocycles. The summed E-state index contributed by atoms with van der Waals surface area (Å²) in [5.74, 6) is 1.06. The van der Waals surface area contributed by atoms with Gasteiger partial charge in [-0.1, -0.05) is 23.7 Å². The van der Waals surface area contributed by atoms with Crippen molar-refractivity contribution in [3.8, 4) is 5.75 Å². The van der Waals surface area contributed by atoms with Crippen molar-refractivity contribution in [1.29, 1.82) is 0 Å². The highest BCUT2D eigenvalue weighted by atomic mass is 35.5. The highest BCUT2D eigenvalue weighted by molar-refractivity contribution is 6.32. The van der Waals surface area contributed by atoms with Crippen LogP contribution in [0.2, 0.25) is 5.02 Å². The number of hydrogen-bond acceptors (Lipinski definition) is 4. The van der Waals surface area contributed by atoms with Gasteiger partial charge in [-0.05, 0) is 25.0 Å². The van der Waals surface area contributed by atoms with Gasteiger partial charge in [0.05, 0.1) is 17.5 Å². The minimum atomic E-state index is 0.0638. The van der Waals surface area contributed by atoms with Crippen molar-refractivity contribution in [3.63, 3.8) is 0 Å². The van der Waals surface area contributed by atoms with Crippen molar-refractivity contribution in [2.24, 2.45) is 5.92 Å². The number of carbonyl (C=O) groups excluding carboxylic acids is 1. The number of ether oxygens (including phenoxy) is 2. The number of benzene rings is 1. The number of carbonyl (C=O) groups is 1. The molecule has 1 aromatic carbocycles. The summed E-state index contributed by atoms with van der Waals surface area (Å²) in [4.78, 5) is 16.8. The summed E-state index contributed by atoms with van der Waals surface area (Å²) in [5, 5.41) is 0.641. The maximum atomic E-state index is 12.5. The lowest BCUT2D eigenvalue weighted by Crippen LogP contribution is -2.51. The summed E-state index contributed by atoms with van der Waals surface area (Å²) < 4.78 is 11.2. The van der Waals surface area contributed by atoms with E-state index in [1.54, 1.807) is 0 Å². The number of nitrogens with zero attached hydrogens (tertiary/aromatic N) is 2.